The number of non-ortho nitro benzene ring substituents is 1. The Kier molecular flexibility index (Phi) is 4.84. The van der Waals surface area contributed by atoms with Gasteiger partial charge in [0.25, 0.3) is 5.69 Å². The van der Waals surface area contributed by atoms with Crippen molar-refractivity contribution in [1.29, 1.82) is 0 Å². The standard InChI is InChI=1S/C15H17N3O3/c1-11(16)8-13-4-7-15(9-17-13)21-10-12-2-5-14(6-3-12)18(19)20/h2-7,9,11H,8,10,16H2,1H3. The molecule has 0 radical (unpaired) electrons. The van der Waals surface area contributed by atoms with Crippen LogP contribution in [0.1, 0.15) is 18.2 Å². The summed E-state index contributed by atoms with van der Waals surface area (Å²) in [4.78, 5) is 14.4. The Morgan fingerprint density at radius 3 is 2.52 bits per heavy atom. The Bertz CT molecular complexity index is 595. The molecule has 0 saturated carbocycles. The molecular formula is C15H17N3O3. The monoisotopic (exact) mass is 287 g/mol. The molecule has 0 saturated heterocycles. The highest BCUT2D eigenvalue weighted by Crippen LogP contribution is 2.15. The molecule has 0 fully saturated rings. The first kappa shape index (κ1) is 14.9. The fourth-order valence-electron chi connectivity index (χ4n) is 1.83. The van der Waals surface area contributed by atoms with Gasteiger partial charge in [0.05, 0.1) is 11.1 Å². The minimum absolute atomic E-state index is 0.0701. The number of benzene rings is 1. The molecule has 1 heterocycles. The average molecular weight is 287 g/mol. The Balaban J connectivity index is 1.91. The number of hydrogen-bond donors (Lipinski definition) is 1. The summed E-state index contributed by atoms with van der Waals surface area (Å²) in [5, 5.41) is 10.6. The van der Waals surface area contributed by atoms with E-state index >= 15 is 0 Å². The maximum Gasteiger partial charge on any atom is 0.269 e. The van der Waals surface area contributed by atoms with Gasteiger partial charge in [-0.1, -0.05) is 0 Å². The fraction of sp³-hybridized carbons (Fsp3) is 0.267. The number of nitro groups is 1. The van der Waals surface area contributed by atoms with Gasteiger partial charge in [-0.15, -0.1) is 0 Å². The largest absolute Gasteiger partial charge is 0.487 e. The van der Waals surface area contributed by atoms with Crippen molar-refractivity contribution in [3.05, 3.63) is 64.0 Å². The van der Waals surface area contributed by atoms with Gasteiger partial charge in [-0.25, -0.2) is 0 Å². The zero-order valence-electron chi connectivity index (χ0n) is 11.7. The van der Waals surface area contributed by atoms with E-state index in [-0.39, 0.29) is 11.7 Å². The van der Waals surface area contributed by atoms with Crippen molar-refractivity contribution in [2.45, 2.75) is 26.0 Å². The van der Waals surface area contributed by atoms with Gasteiger partial charge in [0.15, 0.2) is 0 Å². The van der Waals surface area contributed by atoms with Gasteiger partial charge < -0.3 is 10.5 Å². The molecule has 0 spiro atoms. The Morgan fingerprint density at radius 1 is 1.29 bits per heavy atom. The SMILES string of the molecule is CC(N)Cc1ccc(OCc2ccc([N+](=O)[O-])cc2)cn1. The Hall–Kier alpha value is -2.47. The minimum atomic E-state index is -0.425. The van der Waals surface area contributed by atoms with Crippen molar-refractivity contribution in [2.24, 2.45) is 5.73 Å². The lowest BCUT2D eigenvalue weighted by molar-refractivity contribution is -0.384. The fourth-order valence-corrected chi connectivity index (χ4v) is 1.83. The number of pyridine rings is 1. The van der Waals surface area contributed by atoms with E-state index in [1.165, 1.54) is 12.1 Å². The van der Waals surface area contributed by atoms with Crippen LogP contribution in [0.15, 0.2) is 42.6 Å². The van der Waals surface area contributed by atoms with E-state index in [1.54, 1.807) is 18.3 Å². The van der Waals surface area contributed by atoms with Crippen LogP contribution in [0.2, 0.25) is 0 Å². The second kappa shape index (κ2) is 6.81. The van der Waals surface area contributed by atoms with Crippen molar-refractivity contribution in [3.8, 4) is 5.75 Å². The van der Waals surface area contributed by atoms with Gasteiger partial charge in [-0.3, -0.25) is 15.1 Å². The number of nitrogens with zero attached hydrogens (tertiary/aromatic N) is 2. The molecule has 6 heteroatoms. The van der Waals surface area contributed by atoms with Crippen LogP contribution >= 0.6 is 0 Å². The second-order valence-electron chi connectivity index (χ2n) is 4.88. The number of aromatic nitrogens is 1. The van der Waals surface area contributed by atoms with Gasteiger partial charge in [0.1, 0.15) is 12.4 Å². The molecule has 110 valence electrons. The molecule has 0 aliphatic rings. The average Bonchev–Trinajstić information content (AvgIpc) is 2.46. The molecule has 2 N–H and O–H groups in total. The summed E-state index contributed by atoms with van der Waals surface area (Å²) in [6.45, 7) is 2.27. The zero-order chi connectivity index (χ0) is 15.2. The molecule has 0 aliphatic carbocycles. The third kappa shape index (κ3) is 4.54. The molecule has 1 aromatic heterocycles. The van der Waals surface area contributed by atoms with Crippen molar-refractivity contribution in [3.63, 3.8) is 0 Å². The number of rotatable bonds is 6. The Labute approximate surface area is 122 Å². The topological polar surface area (TPSA) is 91.3 Å². The van der Waals surface area contributed by atoms with Crippen LogP contribution in [0.3, 0.4) is 0 Å². The van der Waals surface area contributed by atoms with Crippen LogP contribution < -0.4 is 10.5 Å². The molecule has 6 nitrogen and oxygen atoms in total. The molecule has 2 rings (SSSR count). The molecular weight excluding hydrogens is 270 g/mol. The number of nitro benzene ring substituents is 1. The summed E-state index contributed by atoms with van der Waals surface area (Å²) in [7, 11) is 0. The second-order valence-corrected chi connectivity index (χ2v) is 4.88. The van der Waals surface area contributed by atoms with Gasteiger partial charge >= 0.3 is 0 Å². The highest BCUT2D eigenvalue weighted by Gasteiger charge is 2.05. The molecule has 2 aromatic rings. The van der Waals surface area contributed by atoms with E-state index in [2.05, 4.69) is 4.98 Å². The summed E-state index contributed by atoms with van der Waals surface area (Å²) in [6, 6.07) is 10.1. The summed E-state index contributed by atoms with van der Waals surface area (Å²) >= 11 is 0. The number of hydrogen-bond acceptors (Lipinski definition) is 5. The van der Waals surface area contributed by atoms with E-state index in [9.17, 15) is 10.1 Å². The number of ether oxygens (including phenoxy) is 1. The van der Waals surface area contributed by atoms with Gasteiger partial charge in [0, 0.05) is 30.3 Å². The Morgan fingerprint density at radius 2 is 2.00 bits per heavy atom. The van der Waals surface area contributed by atoms with E-state index in [1.807, 2.05) is 19.1 Å². The van der Waals surface area contributed by atoms with Crippen LogP contribution in [0.5, 0.6) is 5.75 Å². The maximum atomic E-state index is 10.6. The van der Waals surface area contributed by atoms with Crippen LogP contribution in [-0.2, 0) is 13.0 Å². The van der Waals surface area contributed by atoms with Crippen molar-refractivity contribution < 1.29 is 9.66 Å². The summed E-state index contributed by atoms with van der Waals surface area (Å²) in [5.74, 6) is 0.654. The third-order valence-electron chi connectivity index (χ3n) is 2.88. The smallest absolute Gasteiger partial charge is 0.269 e. The summed E-state index contributed by atoms with van der Waals surface area (Å²) in [6.07, 6.45) is 2.38. The minimum Gasteiger partial charge on any atom is -0.487 e. The first-order valence-corrected chi connectivity index (χ1v) is 6.61. The predicted molar refractivity (Wildman–Crippen MR) is 79.0 cm³/mol. The molecule has 1 atom stereocenters. The molecule has 1 aromatic carbocycles. The summed E-state index contributed by atoms with van der Waals surface area (Å²) in [5.41, 5.74) is 7.57. The van der Waals surface area contributed by atoms with Gasteiger partial charge in [0.2, 0.25) is 0 Å². The lowest BCUT2D eigenvalue weighted by atomic mass is 10.2. The first-order valence-electron chi connectivity index (χ1n) is 6.61. The van der Waals surface area contributed by atoms with E-state index in [0.717, 1.165) is 17.7 Å². The zero-order valence-corrected chi connectivity index (χ0v) is 11.7. The van der Waals surface area contributed by atoms with Crippen LogP contribution in [0.25, 0.3) is 0 Å². The van der Waals surface area contributed by atoms with Crippen LogP contribution in [0.4, 0.5) is 5.69 Å². The molecule has 0 amide bonds. The molecule has 21 heavy (non-hydrogen) atoms. The normalized spacial score (nSPS) is 11.9. The first-order chi connectivity index (χ1) is 10.0. The van der Waals surface area contributed by atoms with Crippen molar-refractivity contribution in [1.82, 2.24) is 4.98 Å². The highest BCUT2D eigenvalue weighted by atomic mass is 16.6. The van der Waals surface area contributed by atoms with Gasteiger partial charge in [-0.2, -0.15) is 0 Å². The van der Waals surface area contributed by atoms with E-state index in [4.69, 9.17) is 10.5 Å². The molecule has 0 bridgehead atoms. The quantitative estimate of drug-likeness (QED) is 0.651. The lowest BCUT2D eigenvalue weighted by Crippen LogP contribution is -2.18. The van der Waals surface area contributed by atoms with Crippen LogP contribution in [0, 0.1) is 10.1 Å². The number of nitrogens with two attached hydrogens (primary N) is 1. The van der Waals surface area contributed by atoms with Crippen LogP contribution in [-0.4, -0.2) is 15.9 Å². The summed E-state index contributed by atoms with van der Waals surface area (Å²) < 4.78 is 5.59. The van der Waals surface area contributed by atoms with Gasteiger partial charge in [-0.05, 0) is 36.8 Å². The predicted octanol–water partition coefficient (Wildman–Crippen LogP) is 2.46. The molecule has 1 unspecified atom stereocenters. The molecule has 0 aliphatic heterocycles. The van der Waals surface area contributed by atoms with Crippen molar-refractivity contribution in [2.75, 3.05) is 0 Å². The highest BCUT2D eigenvalue weighted by molar-refractivity contribution is 5.33. The maximum absolute atomic E-state index is 10.6. The van der Waals surface area contributed by atoms with E-state index < -0.39 is 4.92 Å². The van der Waals surface area contributed by atoms with E-state index in [0.29, 0.717) is 12.4 Å². The third-order valence-corrected chi connectivity index (χ3v) is 2.88. The van der Waals surface area contributed by atoms with Crippen molar-refractivity contribution >= 4 is 5.69 Å². The lowest BCUT2D eigenvalue weighted by Gasteiger charge is -2.08.